The minimum atomic E-state index is -1.22. The van der Waals surface area contributed by atoms with Crippen LogP contribution in [0.5, 0.6) is 5.75 Å². The second-order valence-corrected chi connectivity index (χ2v) is 2.96. The Morgan fingerprint density at radius 2 is 2.15 bits per heavy atom. The van der Waals surface area contributed by atoms with Gasteiger partial charge in [0, 0.05) is 10.6 Å². The fourth-order valence-corrected chi connectivity index (χ4v) is 1.08. The van der Waals surface area contributed by atoms with Crippen LogP contribution in [0.2, 0.25) is 5.02 Å². The number of rotatable bonds is 2. The van der Waals surface area contributed by atoms with Crippen molar-refractivity contribution < 1.29 is 15.0 Å². The second-order valence-electron chi connectivity index (χ2n) is 2.52. The van der Waals surface area contributed by atoms with Crippen molar-refractivity contribution in [3.8, 4) is 5.75 Å². The number of benzene rings is 1. The lowest BCUT2D eigenvalue weighted by Gasteiger charge is -2.08. The van der Waals surface area contributed by atoms with Crippen LogP contribution in [0.15, 0.2) is 18.2 Å². The van der Waals surface area contributed by atoms with Crippen molar-refractivity contribution >= 4 is 17.6 Å². The molecule has 0 heterocycles. The molecule has 0 saturated carbocycles. The average molecular weight is 202 g/mol. The van der Waals surface area contributed by atoms with E-state index < -0.39 is 12.0 Å². The van der Waals surface area contributed by atoms with Crippen LogP contribution in [-0.2, 0) is 4.79 Å². The number of aliphatic carboxylic acids is 1. The van der Waals surface area contributed by atoms with Crippen molar-refractivity contribution in [3.63, 3.8) is 0 Å². The first-order valence-corrected chi connectivity index (χ1v) is 3.87. The van der Waals surface area contributed by atoms with Crippen LogP contribution in [0.25, 0.3) is 0 Å². The highest BCUT2D eigenvalue weighted by Crippen LogP contribution is 2.26. The molecule has 0 aliphatic heterocycles. The van der Waals surface area contributed by atoms with Crippen LogP contribution in [0.3, 0.4) is 0 Å². The number of carboxylic acid groups (broad SMARTS) is 1. The van der Waals surface area contributed by atoms with Gasteiger partial charge in [-0.1, -0.05) is 17.7 Å². The van der Waals surface area contributed by atoms with Crippen LogP contribution in [0.1, 0.15) is 11.6 Å². The van der Waals surface area contributed by atoms with Gasteiger partial charge in [0.05, 0.1) is 0 Å². The van der Waals surface area contributed by atoms with Crippen molar-refractivity contribution in [2.45, 2.75) is 6.04 Å². The Labute approximate surface area is 79.6 Å². The third-order valence-electron chi connectivity index (χ3n) is 1.59. The van der Waals surface area contributed by atoms with Crippen molar-refractivity contribution in [1.82, 2.24) is 0 Å². The zero-order chi connectivity index (χ0) is 10.0. The van der Waals surface area contributed by atoms with Crippen molar-refractivity contribution in [1.29, 1.82) is 0 Å². The first-order valence-electron chi connectivity index (χ1n) is 3.49. The van der Waals surface area contributed by atoms with Gasteiger partial charge in [-0.05, 0) is 12.1 Å². The maximum absolute atomic E-state index is 10.5. The topological polar surface area (TPSA) is 83.6 Å². The van der Waals surface area contributed by atoms with Crippen molar-refractivity contribution in [2.75, 3.05) is 0 Å². The molecule has 1 aromatic rings. The predicted molar refractivity (Wildman–Crippen MR) is 47.7 cm³/mol. The SMILES string of the molecule is N[C@H](C(=O)O)c1ccc(Cl)cc1O. The lowest BCUT2D eigenvalue weighted by molar-refractivity contribution is -0.138. The quantitative estimate of drug-likeness (QED) is 0.670. The first-order chi connectivity index (χ1) is 6.02. The Balaban J connectivity index is 3.08. The summed E-state index contributed by atoms with van der Waals surface area (Å²) in [5.41, 5.74) is 5.44. The van der Waals surface area contributed by atoms with Gasteiger partial charge in [0.25, 0.3) is 0 Å². The normalized spacial score (nSPS) is 12.5. The minimum Gasteiger partial charge on any atom is -0.508 e. The lowest BCUT2D eigenvalue weighted by atomic mass is 10.1. The third kappa shape index (κ3) is 2.11. The number of aromatic hydroxyl groups is 1. The monoisotopic (exact) mass is 201 g/mol. The molecule has 70 valence electrons. The van der Waals surface area contributed by atoms with Crippen molar-refractivity contribution in [2.24, 2.45) is 5.73 Å². The number of phenolic OH excluding ortho intramolecular Hbond substituents is 1. The minimum absolute atomic E-state index is 0.150. The molecule has 0 radical (unpaired) electrons. The highest BCUT2D eigenvalue weighted by Gasteiger charge is 2.17. The van der Waals surface area contributed by atoms with Gasteiger partial charge < -0.3 is 15.9 Å². The zero-order valence-electron chi connectivity index (χ0n) is 6.57. The molecule has 0 aliphatic rings. The third-order valence-corrected chi connectivity index (χ3v) is 1.83. The molecule has 0 bridgehead atoms. The van der Waals surface area contributed by atoms with E-state index in [0.717, 1.165) is 0 Å². The molecule has 0 spiro atoms. The van der Waals surface area contributed by atoms with Crippen LogP contribution < -0.4 is 5.73 Å². The molecule has 1 rings (SSSR count). The number of hydrogen-bond acceptors (Lipinski definition) is 3. The number of carboxylic acids is 1. The van der Waals surface area contributed by atoms with Gasteiger partial charge in [0.1, 0.15) is 11.8 Å². The van der Waals surface area contributed by atoms with Gasteiger partial charge in [0.15, 0.2) is 0 Å². The van der Waals surface area contributed by atoms with Crippen LogP contribution >= 0.6 is 11.6 Å². The number of carbonyl (C=O) groups is 1. The fourth-order valence-electron chi connectivity index (χ4n) is 0.913. The molecule has 0 fully saturated rings. The molecule has 0 saturated heterocycles. The lowest BCUT2D eigenvalue weighted by Crippen LogP contribution is -2.20. The van der Waals surface area contributed by atoms with Gasteiger partial charge in [-0.15, -0.1) is 0 Å². The van der Waals surface area contributed by atoms with Crippen LogP contribution in [0, 0.1) is 0 Å². The summed E-state index contributed by atoms with van der Waals surface area (Å²) in [6, 6.07) is 2.88. The zero-order valence-corrected chi connectivity index (χ0v) is 7.32. The van der Waals surface area contributed by atoms with E-state index in [-0.39, 0.29) is 11.3 Å². The van der Waals surface area contributed by atoms with Gasteiger partial charge in [-0.2, -0.15) is 0 Å². The van der Waals surface area contributed by atoms with Gasteiger partial charge in [-0.25, -0.2) is 0 Å². The summed E-state index contributed by atoms with van der Waals surface area (Å²) in [5, 5.41) is 18.2. The molecule has 5 heteroatoms. The van der Waals surface area contributed by atoms with Crippen LogP contribution in [-0.4, -0.2) is 16.2 Å². The average Bonchev–Trinajstić information content (AvgIpc) is 2.03. The predicted octanol–water partition coefficient (Wildman–Crippen LogP) is 1.13. The number of hydrogen-bond donors (Lipinski definition) is 3. The first kappa shape index (κ1) is 9.83. The molecule has 0 unspecified atom stereocenters. The largest absolute Gasteiger partial charge is 0.508 e. The van der Waals surface area contributed by atoms with Gasteiger partial charge in [0.2, 0.25) is 0 Å². The number of nitrogens with two attached hydrogens (primary N) is 1. The Morgan fingerprint density at radius 3 is 2.62 bits per heavy atom. The molecule has 1 atom stereocenters. The fraction of sp³-hybridized carbons (Fsp3) is 0.125. The second kappa shape index (κ2) is 3.64. The number of halogens is 1. The van der Waals surface area contributed by atoms with E-state index in [1.807, 2.05) is 0 Å². The molecule has 0 aliphatic carbocycles. The van der Waals surface area contributed by atoms with Crippen molar-refractivity contribution in [3.05, 3.63) is 28.8 Å². The Kier molecular flexibility index (Phi) is 2.75. The van der Waals surface area contributed by atoms with E-state index in [0.29, 0.717) is 5.02 Å². The summed E-state index contributed by atoms with van der Waals surface area (Å²) < 4.78 is 0. The molecule has 4 N–H and O–H groups in total. The van der Waals surface area contributed by atoms with E-state index in [1.165, 1.54) is 18.2 Å². The summed E-state index contributed by atoms with van der Waals surface area (Å²) in [7, 11) is 0. The summed E-state index contributed by atoms with van der Waals surface area (Å²) in [6.07, 6.45) is 0. The molecular weight excluding hydrogens is 194 g/mol. The summed E-state index contributed by atoms with van der Waals surface area (Å²) in [5.74, 6) is -1.40. The summed E-state index contributed by atoms with van der Waals surface area (Å²) in [4.78, 5) is 10.5. The van der Waals surface area contributed by atoms with E-state index >= 15 is 0 Å². The van der Waals surface area contributed by atoms with Crippen LogP contribution in [0.4, 0.5) is 0 Å². The smallest absolute Gasteiger partial charge is 0.325 e. The van der Waals surface area contributed by atoms with E-state index in [9.17, 15) is 9.90 Å². The van der Waals surface area contributed by atoms with E-state index in [4.69, 9.17) is 22.4 Å². The molecule has 4 nitrogen and oxygen atoms in total. The maximum atomic E-state index is 10.5. The Bertz CT molecular complexity index is 340. The Hall–Kier alpha value is -1.26. The van der Waals surface area contributed by atoms with E-state index in [1.54, 1.807) is 0 Å². The highest BCUT2D eigenvalue weighted by atomic mass is 35.5. The highest BCUT2D eigenvalue weighted by molar-refractivity contribution is 6.30. The number of phenols is 1. The molecule has 0 amide bonds. The van der Waals surface area contributed by atoms with Gasteiger partial charge >= 0.3 is 5.97 Å². The summed E-state index contributed by atoms with van der Waals surface area (Å²) >= 11 is 5.55. The molecule has 0 aromatic heterocycles. The maximum Gasteiger partial charge on any atom is 0.325 e. The summed E-state index contributed by atoms with van der Waals surface area (Å²) in [6.45, 7) is 0. The molecule has 13 heavy (non-hydrogen) atoms. The molecular formula is C8H8ClNO3. The van der Waals surface area contributed by atoms with E-state index in [2.05, 4.69) is 0 Å². The Morgan fingerprint density at radius 1 is 1.54 bits per heavy atom. The van der Waals surface area contributed by atoms with Gasteiger partial charge in [-0.3, -0.25) is 4.79 Å². The molecule has 1 aromatic carbocycles. The standard InChI is InChI=1S/C8H8ClNO3/c9-4-1-2-5(6(11)3-4)7(10)8(12)13/h1-3,7,11H,10H2,(H,12,13)/t7-/m0/s1.